The highest BCUT2D eigenvalue weighted by molar-refractivity contribution is 5.88. The normalized spacial score (nSPS) is 10.7. The van der Waals surface area contributed by atoms with Crippen molar-refractivity contribution in [1.82, 2.24) is 15.1 Å². The van der Waals surface area contributed by atoms with Crippen LogP contribution in [-0.2, 0) is 4.79 Å². The van der Waals surface area contributed by atoms with E-state index in [0.717, 1.165) is 12.2 Å². The molecule has 0 aliphatic heterocycles. The molecule has 2 N–H and O–H groups in total. The molecule has 0 aromatic heterocycles. The van der Waals surface area contributed by atoms with E-state index in [-0.39, 0.29) is 18.0 Å². The molecule has 0 heterocycles. The second-order valence-electron chi connectivity index (χ2n) is 6.38. The molecule has 0 fully saturated rings. The molecule has 1 aromatic rings. The molecule has 0 aliphatic rings. The van der Waals surface area contributed by atoms with E-state index in [2.05, 4.69) is 10.6 Å². The fraction of sp³-hybridized carbons (Fsp3) is 0.556. The maximum Gasteiger partial charge on any atom is 0.317 e. The minimum absolute atomic E-state index is 0.0820. The lowest BCUT2D eigenvalue weighted by molar-refractivity contribution is -0.114. The molecule has 1 rings (SSSR count). The standard InChI is InChI=1S/C18H30N4O3/c1-14(2)22(18(24)19-10-11-21(4)5)12-13-25-17-8-6-16(7-9-17)20-15(3)23/h6-9,14H,10-13H2,1-5H3,(H,19,24)(H,20,23). The van der Waals surface area contributed by atoms with Crippen molar-refractivity contribution >= 4 is 17.6 Å². The van der Waals surface area contributed by atoms with Crippen molar-refractivity contribution < 1.29 is 14.3 Å². The molecule has 0 atom stereocenters. The summed E-state index contributed by atoms with van der Waals surface area (Å²) in [6.07, 6.45) is 0. The van der Waals surface area contributed by atoms with Gasteiger partial charge in [-0.2, -0.15) is 0 Å². The first-order valence-electron chi connectivity index (χ1n) is 8.49. The van der Waals surface area contributed by atoms with E-state index >= 15 is 0 Å². The molecule has 0 aliphatic carbocycles. The lowest BCUT2D eigenvalue weighted by atomic mass is 10.3. The van der Waals surface area contributed by atoms with Crippen molar-refractivity contribution in [1.29, 1.82) is 0 Å². The Morgan fingerprint density at radius 3 is 2.28 bits per heavy atom. The van der Waals surface area contributed by atoms with Gasteiger partial charge in [-0.05, 0) is 52.2 Å². The summed E-state index contributed by atoms with van der Waals surface area (Å²) in [5.74, 6) is 0.590. The number of nitrogens with one attached hydrogen (secondary N) is 2. The zero-order valence-corrected chi connectivity index (χ0v) is 15.8. The van der Waals surface area contributed by atoms with Gasteiger partial charge in [0.2, 0.25) is 5.91 Å². The van der Waals surface area contributed by atoms with Crippen molar-refractivity contribution in [3.05, 3.63) is 24.3 Å². The number of carbonyl (C=O) groups is 2. The smallest absolute Gasteiger partial charge is 0.317 e. The van der Waals surface area contributed by atoms with Crippen molar-refractivity contribution in [3.63, 3.8) is 0 Å². The topological polar surface area (TPSA) is 73.9 Å². The number of hydrogen-bond acceptors (Lipinski definition) is 4. The van der Waals surface area contributed by atoms with Crippen LogP contribution < -0.4 is 15.4 Å². The second kappa shape index (κ2) is 10.6. The second-order valence-corrected chi connectivity index (χ2v) is 6.38. The van der Waals surface area contributed by atoms with Crippen LogP contribution in [0.4, 0.5) is 10.5 Å². The van der Waals surface area contributed by atoms with Gasteiger partial charge < -0.3 is 25.2 Å². The maximum atomic E-state index is 12.3. The first-order chi connectivity index (χ1) is 11.8. The van der Waals surface area contributed by atoms with Crippen LogP contribution in [0.1, 0.15) is 20.8 Å². The molecule has 0 unspecified atom stereocenters. The van der Waals surface area contributed by atoms with Gasteiger partial charge in [0.1, 0.15) is 12.4 Å². The Morgan fingerprint density at radius 1 is 1.12 bits per heavy atom. The fourth-order valence-electron chi connectivity index (χ4n) is 2.18. The number of hydrogen-bond donors (Lipinski definition) is 2. The number of amides is 3. The summed E-state index contributed by atoms with van der Waals surface area (Å²) >= 11 is 0. The van der Waals surface area contributed by atoms with E-state index in [4.69, 9.17) is 4.74 Å². The van der Waals surface area contributed by atoms with E-state index in [1.807, 2.05) is 32.8 Å². The first kappa shape index (κ1) is 20.8. The van der Waals surface area contributed by atoms with Crippen LogP contribution in [0, 0.1) is 0 Å². The van der Waals surface area contributed by atoms with E-state index in [9.17, 15) is 9.59 Å². The van der Waals surface area contributed by atoms with Crippen LogP contribution in [0.25, 0.3) is 0 Å². The van der Waals surface area contributed by atoms with Gasteiger partial charge in [0.05, 0.1) is 6.54 Å². The molecule has 0 radical (unpaired) electrons. The van der Waals surface area contributed by atoms with Crippen molar-refractivity contribution in [3.8, 4) is 5.75 Å². The van der Waals surface area contributed by atoms with E-state index in [1.165, 1.54) is 6.92 Å². The van der Waals surface area contributed by atoms with Gasteiger partial charge in [-0.15, -0.1) is 0 Å². The molecule has 25 heavy (non-hydrogen) atoms. The Kier molecular flexibility index (Phi) is 8.77. The molecule has 7 heteroatoms. The first-order valence-corrected chi connectivity index (χ1v) is 8.49. The van der Waals surface area contributed by atoms with Gasteiger partial charge >= 0.3 is 6.03 Å². The number of urea groups is 1. The van der Waals surface area contributed by atoms with Gasteiger partial charge in [0, 0.05) is 31.7 Å². The van der Waals surface area contributed by atoms with E-state index in [0.29, 0.717) is 25.4 Å². The number of ether oxygens (including phenoxy) is 1. The number of benzene rings is 1. The van der Waals surface area contributed by atoms with Gasteiger partial charge in [-0.25, -0.2) is 4.79 Å². The SMILES string of the molecule is CC(=O)Nc1ccc(OCCN(C(=O)NCCN(C)C)C(C)C)cc1. The van der Waals surface area contributed by atoms with Crippen LogP contribution in [0.15, 0.2) is 24.3 Å². The number of nitrogens with zero attached hydrogens (tertiary/aromatic N) is 2. The molecule has 7 nitrogen and oxygen atoms in total. The Hall–Kier alpha value is -2.28. The molecule has 0 spiro atoms. The predicted molar refractivity (Wildman–Crippen MR) is 100 cm³/mol. The third kappa shape index (κ3) is 8.39. The van der Waals surface area contributed by atoms with Crippen molar-refractivity contribution in [2.24, 2.45) is 0 Å². The number of anilines is 1. The zero-order valence-electron chi connectivity index (χ0n) is 15.8. The van der Waals surface area contributed by atoms with E-state index < -0.39 is 0 Å². The lowest BCUT2D eigenvalue weighted by Gasteiger charge is -2.27. The highest BCUT2D eigenvalue weighted by atomic mass is 16.5. The zero-order chi connectivity index (χ0) is 18.8. The molecular formula is C18H30N4O3. The Labute approximate surface area is 150 Å². The Morgan fingerprint density at radius 2 is 1.76 bits per heavy atom. The Balaban J connectivity index is 2.44. The van der Waals surface area contributed by atoms with Crippen LogP contribution in [0.5, 0.6) is 5.75 Å². The molecule has 0 saturated carbocycles. The third-order valence-corrected chi connectivity index (χ3v) is 3.50. The highest BCUT2D eigenvalue weighted by Crippen LogP contribution is 2.15. The molecule has 140 valence electrons. The number of rotatable bonds is 9. The molecule has 0 saturated heterocycles. The summed E-state index contributed by atoms with van der Waals surface area (Å²) in [6, 6.07) is 7.16. The summed E-state index contributed by atoms with van der Waals surface area (Å²) in [7, 11) is 3.94. The van der Waals surface area contributed by atoms with Crippen LogP contribution in [0.2, 0.25) is 0 Å². The molecule has 3 amide bonds. The summed E-state index contributed by atoms with van der Waals surface area (Å²) in [5.41, 5.74) is 0.726. The largest absolute Gasteiger partial charge is 0.492 e. The van der Waals surface area contributed by atoms with Crippen LogP contribution >= 0.6 is 0 Å². The number of likely N-dealkylation sites (N-methyl/N-ethyl adjacent to an activating group) is 1. The summed E-state index contributed by atoms with van der Waals surface area (Å²) < 4.78 is 5.70. The third-order valence-electron chi connectivity index (χ3n) is 3.50. The average Bonchev–Trinajstić information content (AvgIpc) is 2.51. The van der Waals surface area contributed by atoms with Crippen LogP contribution in [0.3, 0.4) is 0 Å². The summed E-state index contributed by atoms with van der Waals surface area (Å²) in [5, 5.41) is 5.62. The summed E-state index contributed by atoms with van der Waals surface area (Å²) in [6.45, 7) is 7.74. The van der Waals surface area contributed by atoms with Gasteiger partial charge in [0.15, 0.2) is 0 Å². The van der Waals surface area contributed by atoms with Crippen molar-refractivity contribution in [2.45, 2.75) is 26.8 Å². The van der Waals surface area contributed by atoms with Crippen LogP contribution in [-0.4, -0.2) is 68.1 Å². The average molecular weight is 350 g/mol. The monoisotopic (exact) mass is 350 g/mol. The lowest BCUT2D eigenvalue weighted by Crippen LogP contribution is -2.47. The highest BCUT2D eigenvalue weighted by Gasteiger charge is 2.16. The quantitative estimate of drug-likeness (QED) is 0.714. The van der Waals surface area contributed by atoms with E-state index in [1.54, 1.807) is 29.2 Å². The summed E-state index contributed by atoms with van der Waals surface area (Å²) in [4.78, 5) is 27.0. The van der Waals surface area contributed by atoms with Gasteiger partial charge in [-0.1, -0.05) is 0 Å². The molecule has 1 aromatic carbocycles. The fourth-order valence-corrected chi connectivity index (χ4v) is 2.18. The molecule has 0 bridgehead atoms. The number of carbonyl (C=O) groups excluding carboxylic acids is 2. The maximum absolute atomic E-state index is 12.3. The van der Waals surface area contributed by atoms with Gasteiger partial charge in [-0.3, -0.25) is 4.79 Å². The Bertz CT molecular complexity index is 544. The predicted octanol–water partition coefficient (Wildman–Crippen LogP) is 2.01. The minimum atomic E-state index is -0.110. The van der Waals surface area contributed by atoms with Crippen molar-refractivity contribution in [2.75, 3.05) is 45.7 Å². The molecular weight excluding hydrogens is 320 g/mol. The minimum Gasteiger partial charge on any atom is -0.492 e. The van der Waals surface area contributed by atoms with Gasteiger partial charge in [0.25, 0.3) is 0 Å².